The van der Waals surface area contributed by atoms with Gasteiger partial charge in [0.2, 0.25) is 0 Å². The van der Waals surface area contributed by atoms with Gasteiger partial charge >= 0.3 is 0 Å². The lowest BCUT2D eigenvalue weighted by Crippen LogP contribution is -2.30. The van der Waals surface area contributed by atoms with Gasteiger partial charge < -0.3 is 5.32 Å². The molecule has 1 nitrogen and oxygen atoms in total. The summed E-state index contributed by atoms with van der Waals surface area (Å²) in [6.07, 6.45) is 3.20. The number of halogens is 1. The summed E-state index contributed by atoms with van der Waals surface area (Å²) in [7, 11) is 0. The van der Waals surface area contributed by atoms with Crippen molar-refractivity contribution < 1.29 is 4.39 Å². The van der Waals surface area contributed by atoms with Crippen molar-refractivity contribution in [2.24, 2.45) is 11.8 Å². The van der Waals surface area contributed by atoms with Crippen molar-refractivity contribution in [1.29, 1.82) is 0 Å². The van der Waals surface area contributed by atoms with Crippen molar-refractivity contribution in [3.05, 3.63) is 35.6 Å². The summed E-state index contributed by atoms with van der Waals surface area (Å²) in [5.74, 6) is 1.16. The van der Waals surface area contributed by atoms with E-state index < -0.39 is 0 Å². The second-order valence-electron chi connectivity index (χ2n) is 6.20. The Labute approximate surface area is 117 Å². The summed E-state index contributed by atoms with van der Waals surface area (Å²) in [6, 6.07) is 7.64. The predicted octanol–water partition coefficient (Wildman–Crippen LogP) is 4.42. The molecule has 108 valence electrons. The number of rotatable bonds is 8. The zero-order valence-electron chi connectivity index (χ0n) is 12.7. The molecule has 19 heavy (non-hydrogen) atoms. The van der Waals surface area contributed by atoms with Crippen LogP contribution >= 0.6 is 0 Å². The van der Waals surface area contributed by atoms with Crippen LogP contribution in [0.3, 0.4) is 0 Å². The molecule has 0 saturated carbocycles. The highest BCUT2D eigenvalue weighted by molar-refractivity contribution is 5.17. The Morgan fingerprint density at radius 1 is 1.05 bits per heavy atom. The number of nitrogens with one attached hydrogen (secondary N) is 1. The molecule has 0 fully saturated rings. The Balaban J connectivity index is 2.59. The van der Waals surface area contributed by atoms with Crippen molar-refractivity contribution in [3.63, 3.8) is 0 Å². The summed E-state index contributed by atoms with van der Waals surface area (Å²) in [5, 5.41) is 3.49. The van der Waals surface area contributed by atoms with Gasteiger partial charge in [-0.3, -0.25) is 0 Å². The fourth-order valence-corrected chi connectivity index (χ4v) is 2.22. The van der Waals surface area contributed by atoms with E-state index in [0.717, 1.165) is 24.9 Å². The minimum Gasteiger partial charge on any atom is -0.314 e. The molecule has 1 unspecified atom stereocenters. The van der Waals surface area contributed by atoms with Crippen LogP contribution in [0.5, 0.6) is 0 Å². The summed E-state index contributed by atoms with van der Waals surface area (Å²) in [6.45, 7) is 9.77. The minimum absolute atomic E-state index is 0.0680. The maximum atomic E-state index is 13.7. The molecule has 0 aliphatic carbocycles. The molecule has 2 heteroatoms. The highest BCUT2D eigenvalue weighted by Gasteiger charge is 2.13. The molecular weight excluding hydrogens is 237 g/mol. The fraction of sp³-hybridized carbons (Fsp3) is 0.647. The van der Waals surface area contributed by atoms with E-state index in [2.05, 4.69) is 33.0 Å². The van der Waals surface area contributed by atoms with Gasteiger partial charge in [-0.1, -0.05) is 52.3 Å². The smallest absolute Gasteiger partial charge is 0.126 e. The molecule has 1 aromatic rings. The molecule has 1 N–H and O–H groups in total. The first-order valence-electron chi connectivity index (χ1n) is 7.45. The molecule has 0 saturated heterocycles. The van der Waals surface area contributed by atoms with Crippen LogP contribution in [0.25, 0.3) is 0 Å². The Morgan fingerprint density at radius 3 is 2.32 bits per heavy atom. The molecule has 1 rings (SSSR count). The summed E-state index contributed by atoms with van der Waals surface area (Å²) < 4.78 is 13.7. The first-order chi connectivity index (χ1) is 8.99. The third-order valence-corrected chi connectivity index (χ3v) is 3.43. The van der Waals surface area contributed by atoms with Crippen LogP contribution in [0.1, 0.15) is 46.1 Å². The fourth-order valence-electron chi connectivity index (χ4n) is 2.22. The molecule has 0 aromatic heterocycles. The Kier molecular flexibility index (Phi) is 7.07. The van der Waals surface area contributed by atoms with E-state index in [4.69, 9.17) is 0 Å². The van der Waals surface area contributed by atoms with E-state index in [0.29, 0.717) is 17.9 Å². The average Bonchev–Trinajstić information content (AvgIpc) is 2.34. The van der Waals surface area contributed by atoms with Gasteiger partial charge in [0.15, 0.2) is 0 Å². The van der Waals surface area contributed by atoms with E-state index in [1.165, 1.54) is 6.42 Å². The third kappa shape index (κ3) is 6.72. The van der Waals surface area contributed by atoms with Crippen LogP contribution in [0, 0.1) is 17.7 Å². The summed E-state index contributed by atoms with van der Waals surface area (Å²) in [4.78, 5) is 0. The first-order valence-corrected chi connectivity index (χ1v) is 7.45. The predicted molar refractivity (Wildman–Crippen MR) is 80.8 cm³/mol. The lowest BCUT2D eigenvalue weighted by Gasteiger charge is -2.20. The minimum atomic E-state index is -0.0680. The number of hydrogen-bond acceptors (Lipinski definition) is 1. The Hall–Kier alpha value is -0.890. The molecule has 1 atom stereocenters. The van der Waals surface area contributed by atoms with E-state index in [9.17, 15) is 4.39 Å². The maximum absolute atomic E-state index is 13.7. The van der Waals surface area contributed by atoms with Crippen molar-refractivity contribution >= 4 is 0 Å². The largest absolute Gasteiger partial charge is 0.314 e. The molecule has 0 radical (unpaired) electrons. The zero-order chi connectivity index (χ0) is 14.3. The normalized spacial score (nSPS) is 13.2. The van der Waals surface area contributed by atoms with E-state index >= 15 is 0 Å². The maximum Gasteiger partial charge on any atom is 0.126 e. The van der Waals surface area contributed by atoms with Gasteiger partial charge in [-0.25, -0.2) is 4.39 Å². The van der Waals surface area contributed by atoms with Gasteiger partial charge in [-0.2, -0.15) is 0 Å². The molecule has 0 spiro atoms. The molecule has 0 aliphatic rings. The molecule has 1 aromatic carbocycles. The third-order valence-electron chi connectivity index (χ3n) is 3.43. The molecule has 0 amide bonds. The lowest BCUT2D eigenvalue weighted by molar-refractivity contribution is 0.382. The molecule has 0 aliphatic heterocycles. The molecular formula is C17H28FN. The topological polar surface area (TPSA) is 12.0 Å². The average molecular weight is 265 g/mol. The van der Waals surface area contributed by atoms with Crippen LogP contribution in [-0.4, -0.2) is 12.6 Å². The van der Waals surface area contributed by atoms with Gasteiger partial charge in [-0.05, 0) is 42.9 Å². The second-order valence-corrected chi connectivity index (χ2v) is 6.20. The van der Waals surface area contributed by atoms with Crippen molar-refractivity contribution in [2.45, 2.75) is 53.0 Å². The van der Waals surface area contributed by atoms with E-state index in [1.807, 2.05) is 12.1 Å². The van der Waals surface area contributed by atoms with Gasteiger partial charge in [0.05, 0.1) is 0 Å². The highest BCUT2D eigenvalue weighted by Crippen LogP contribution is 2.19. The SMILES string of the molecule is CC(C)CCC(CNC(C)C)Cc1ccccc1F. The van der Waals surface area contributed by atoms with Crippen LogP contribution in [0.4, 0.5) is 4.39 Å². The van der Waals surface area contributed by atoms with Crippen molar-refractivity contribution in [3.8, 4) is 0 Å². The Bertz CT molecular complexity index is 348. The van der Waals surface area contributed by atoms with E-state index in [-0.39, 0.29) is 5.82 Å². The summed E-state index contributed by atoms with van der Waals surface area (Å²) in [5.41, 5.74) is 0.849. The Morgan fingerprint density at radius 2 is 1.74 bits per heavy atom. The van der Waals surface area contributed by atoms with Crippen molar-refractivity contribution in [2.75, 3.05) is 6.54 Å². The van der Waals surface area contributed by atoms with E-state index in [1.54, 1.807) is 12.1 Å². The van der Waals surface area contributed by atoms with Gasteiger partial charge in [-0.15, -0.1) is 0 Å². The summed E-state index contributed by atoms with van der Waals surface area (Å²) >= 11 is 0. The number of benzene rings is 1. The lowest BCUT2D eigenvalue weighted by atomic mass is 9.91. The standard InChI is InChI=1S/C17H28FN/c1-13(2)9-10-15(12-19-14(3)4)11-16-7-5-6-8-17(16)18/h5-8,13-15,19H,9-12H2,1-4H3. The van der Waals surface area contributed by atoms with Crippen LogP contribution in [0.2, 0.25) is 0 Å². The van der Waals surface area contributed by atoms with Gasteiger partial charge in [0, 0.05) is 6.04 Å². The molecule has 0 bridgehead atoms. The van der Waals surface area contributed by atoms with Crippen LogP contribution < -0.4 is 5.32 Å². The highest BCUT2D eigenvalue weighted by atomic mass is 19.1. The first kappa shape index (κ1) is 16.2. The quantitative estimate of drug-likeness (QED) is 0.733. The van der Waals surface area contributed by atoms with Crippen molar-refractivity contribution in [1.82, 2.24) is 5.32 Å². The zero-order valence-corrected chi connectivity index (χ0v) is 12.7. The second kappa shape index (κ2) is 8.31. The molecule has 0 heterocycles. The van der Waals surface area contributed by atoms with Gasteiger partial charge in [0.25, 0.3) is 0 Å². The van der Waals surface area contributed by atoms with Crippen LogP contribution in [0.15, 0.2) is 24.3 Å². The number of hydrogen-bond donors (Lipinski definition) is 1. The van der Waals surface area contributed by atoms with Crippen LogP contribution in [-0.2, 0) is 6.42 Å². The van der Waals surface area contributed by atoms with Gasteiger partial charge in [0.1, 0.15) is 5.82 Å². The monoisotopic (exact) mass is 265 g/mol.